The van der Waals surface area contributed by atoms with Gasteiger partial charge in [0.05, 0.1) is 15.7 Å². The zero-order valence-electron chi connectivity index (χ0n) is 7.37. The molecule has 7 heteroatoms. The van der Waals surface area contributed by atoms with E-state index < -0.39 is 28.2 Å². The van der Waals surface area contributed by atoms with E-state index in [4.69, 9.17) is 0 Å². The van der Waals surface area contributed by atoms with Crippen LogP contribution >= 0.6 is 15.9 Å². The van der Waals surface area contributed by atoms with Crippen molar-refractivity contribution in [2.45, 2.75) is 19.5 Å². The van der Waals surface area contributed by atoms with Crippen molar-refractivity contribution in [3.63, 3.8) is 0 Å². The maximum atomic E-state index is 12.5. The first-order valence-corrected chi connectivity index (χ1v) is 4.54. The van der Waals surface area contributed by atoms with Gasteiger partial charge in [0.15, 0.2) is 0 Å². The van der Waals surface area contributed by atoms with Crippen molar-refractivity contribution in [1.82, 2.24) is 4.98 Å². The van der Waals surface area contributed by atoms with Crippen LogP contribution in [0.2, 0.25) is 0 Å². The summed E-state index contributed by atoms with van der Waals surface area (Å²) in [6.45, 7) is 1.30. The van der Waals surface area contributed by atoms with Crippen molar-refractivity contribution < 1.29 is 22.0 Å². The number of halogens is 6. The quantitative estimate of drug-likeness (QED) is 0.709. The highest BCUT2D eigenvalue weighted by Crippen LogP contribution is 2.41. The van der Waals surface area contributed by atoms with Crippen LogP contribution in [0.1, 0.15) is 23.2 Å². The molecular formula is C8H5BrF5N. The lowest BCUT2D eigenvalue weighted by atomic mass is 10.1. The monoisotopic (exact) mass is 289 g/mol. The molecule has 1 nitrogen and oxygen atoms in total. The summed E-state index contributed by atoms with van der Waals surface area (Å²) in [7, 11) is 0. The highest BCUT2D eigenvalue weighted by Gasteiger charge is 2.38. The van der Waals surface area contributed by atoms with Gasteiger partial charge in [0.25, 0.3) is 6.43 Å². The second kappa shape index (κ2) is 4.03. The van der Waals surface area contributed by atoms with Gasteiger partial charge >= 0.3 is 6.18 Å². The molecule has 1 rings (SSSR count). The topological polar surface area (TPSA) is 12.9 Å². The Kier molecular flexibility index (Phi) is 3.32. The van der Waals surface area contributed by atoms with E-state index in [1.165, 1.54) is 6.92 Å². The Labute approximate surface area is 90.4 Å². The lowest BCUT2D eigenvalue weighted by Gasteiger charge is -2.14. The van der Waals surface area contributed by atoms with E-state index in [0.717, 1.165) is 0 Å². The smallest absolute Gasteiger partial charge is 0.260 e. The summed E-state index contributed by atoms with van der Waals surface area (Å²) in [6.07, 6.45) is -7.47. The van der Waals surface area contributed by atoms with Crippen molar-refractivity contribution in [2.75, 3.05) is 0 Å². The summed E-state index contributed by atoms with van der Waals surface area (Å²) in [5, 5.41) is 0. The average molecular weight is 290 g/mol. The third-order valence-electron chi connectivity index (χ3n) is 1.74. The molecule has 0 N–H and O–H groups in total. The molecule has 0 aliphatic rings. The minimum absolute atomic E-state index is 0.0201. The maximum Gasteiger partial charge on any atom is 0.418 e. The van der Waals surface area contributed by atoms with Crippen LogP contribution < -0.4 is 0 Å². The molecule has 0 bridgehead atoms. The number of aryl methyl sites for hydroxylation is 1. The average Bonchev–Trinajstić information content (AvgIpc) is 2.06. The molecule has 0 aliphatic heterocycles. The third kappa shape index (κ3) is 2.45. The van der Waals surface area contributed by atoms with Crippen LogP contribution in [0.15, 0.2) is 10.7 Å². The van der Waals surface area contributed by atoms with Gasteiger partial charge in [-0.1, -0.05) is 0 Å². The second-order valence-electron chi connectivity index (χ2n) is 2.79. The molecule has 0 aliphatic carbocycles. The van der Waals surface area contributed by atoms with Crippen LogP contribution in [0.5, 0.6) is 0 Å². The number of nitrogens with zero attached hydrogens (tertiary/aromatic N) is 1. The van der Waals surface area contributed by atoms with E-state index in [1.807, 2.05) is 0 Å². The van der Waals surface area contributed by atoms with Gasteiger partial charge in [-0.15, -0.1) is 0 Å². The number of aromatic nitrogens is 1. The van der Waals surface area contributed by atoms with Crippen LogP contribution in [-0.4, -0.2) is 4.98 Å². The van der Waals surface area contributed by atoms with E-state index in [9.17, 15) is 22.0 Å². The lowest BCUT2D eigenvalue weighted by molar-refractivity contribution is -0.140. The molecular weight excluding hydrogens is 285 g/mol. The van der Waals surface area contributed by atoms with Crippen LogP contribution in [0, 0.1) is 6.92 Å². The number of pyridine rings is 1. The summed E-state index contributed by atoms with van der Waals surface area (Å²) < 4.78 is 61.6. The molecule has 0 aromatic carbocycles. The Balaban J connectivity index is 3.49. The first-order chi connectivity index (χ1) is 6.75. The number of alkyl halides is 5. The zero-order chi connectivity index (χ0) is 11.8. The first-order valence-electron chi connectivity index (χ1n) is 3.75. The standard InChI is InChI=1S/C8H5BrF5N/c1-3-6(9)5(8(12,13)14)4(2-15-3)7(10)11/h2,7H,1H3. The number of hydrogen-bond acceptors (Lipinski definition) is 1. The van der Waals surface area contributed by atoms with Crippen LogP contribution in [0.4, 0.5) is 22.0 Å². The molecule has 84 valence electrons. The Morgan fingerprint density at radius 3 is 2.27 bits per heavy atom. The van der Waals surface area contributed by atoms with Crippen LogP contribution in [0.25, 0.3) is 0 Å². The fraction of sp³-hybridized carbons (Fsp3) is 0.375. The predicted molar refractivity (Wildman–Crippen MR) is 46.6 cm³/mol. The molecule has 15 heavy (non-hydrogen) atoms. The maximum absolute atomic E-state index is 12.5. The van der Waals surface area contributed by atoms with Crippen molar-refractivity contribution in [1.29, 1.82) is 0 Å². The van der Waals surface area contributed by atoms with Gasteiger partial charge in [0.1, 0.15) is 0 Å². The molecule has 1 aromatic heterocycles. The van der Waals surface area contributed by atoms with Crippen molar-refractivity contribution >= 4 is 15.9 Å². The lowest BCUT2D eigenvalue weighted by Crippen LogP contribution is -2.12. The SMILES string of the molecule is Cc1ncc(C(F)F)c(C(F)(F)F)c1Br. The Bertz CT molecular complexity index is 374. The fourth-order valence-electron chi connectivity index (χ4n) is 1.05. The Morgan fingerprint density at radius 2 is 1.87 bits per heavy atom. The van der Waals surface area contributed by atoms with Gasteiger partial charge in [-0.3, -0.25) is 4.98 Å². The van der Waals surface area contributed by atoms with Crippen molar-refractivity contribution in [3.05, 3.63) is 27.5 Å². The number of hydrogen-bond donors (Lipinski definition) is 0. The first kappa shape index (κ1) is 12.4. The molecule has 0 atom stereocenters. The second-order valence-corrected chi connectivity index (χ2v) is 3.58. The zero-order valence-corrected chi connectivity index (χ0v) is 8.96. The summed E-state index contributed by atoms with van der Waals surface area (Å²) in [6, 6.07) is 0. The highest BCUT2D eigenvalue weighted by atomic mass is 79.9. The van der Waals surface area contributed by atoms with Gasteiger partial charge in [0.2, 0.25) is 0 Å². The molecule has 1 heterocycles. The molecule has 0 radical (unpaired) electrons. The molecule has 0 amide bonds. The van der Waals surface area contributed by atoms with Gasteiger partial charge in [-0.05, 0) is 22.9 Å². The van der Waals surface area contributed by atoms with Gasteiger partial charge in [-0.2, -0.15) is 13.2 Å². The highest BCUT2D eigenvalue weighted by molar-refractivity contribution is 9.10. The normalized spacial score (nSPS) is 12.3. The summed E-state index contributed by atoms with van der Waals surface area (Å²) in [5.74, 6) is 0. The molecule has 0 fully saturated rings. The molecule has 0 saturated carbocycles. The molecule has 0 unspecified atom stereocenters. The van der Waals surface area contributed by atoms with Gasteiger partial charge in [0, 0.05) is 11.8 Å². The molecule has 0 spiro atoms. The number of rotatable bonds is 1. The summed E-state index contributed by atoms with van der Waals surface area (Å²) >= 11 is 2.62. The van der Waals surface area contributed by atoms with Crippen molar-refractivity contribution in [3.8, 4) is 0 Å². The van der Waals surface area contributed by atoms with Crippen LogP contribution in [-0.2, 0) is 6.18 Å². The van der Waals surface area contributed by atoms with Gasteiger partial charge < -0.3 is 0 Å². The summed E-state index contributed by atoms with van der Waals surface area (Å²) in [5.41, 5.74) is -2.45. The van der Waals surface area contributed by atoms with Gasteiger partial charge in [-0.25, -0.2) is 8.78 Å². The minimum Gasteiger partial charge on any atom is -0.260 e. The largest absolute Gasteiger partial charge is 0.418 e. The van der Waals surface area contributed by atoms with Crippen molar-refractivity contribution in [2.24, 2.45) is 0 Å². The van der Waals surface area contributed by atoms with E-state index in [-0.39, 0.29) is 5.69 Å². The third-order valence-corrected chi connectivity index (χ3v) is 2.71. The fourth-order valence-corrected chi connectivity index (χ4v) is 1.60. The predicted octanol–water partition coefficient (Wildman–Crippen LogP) is 4.11. The van der Waals surface area contributed by atoms with E-state index >= 15 is 0 Å². The molecule has 0 saturated heterocycles. The Morgan fingerprint density at radius 1 is 1.33 bits per heavy atom. The summed E-state index contributed by atoms with van der Waals surface area (Å²) in [4.78, 5) is 3.45. The minimum atomic E-state index is -4.82. The Hall–Kier alpha value is -0.720. The molecule has 1 aromatic rings. The van der Waals surface area contributed by atoms with E-state index in [0.29, 0.717) is 6.20 Å². The van der Waals surface area contributed by atoms with Crippen LogP contribution in [0.3, 0.4) is 0 Å². The van der Waals surface area contributed by atoms with E-state index in [2.05, 4.69) is 20.9 Å². The van der Waals surface area contributed by atoms with E-state index in [1.54, 1.807) is 0 Å².